The van der Waals surface area contributed by atoms with Crippen molar-refractivity contribution in [2.45, 2.75) is 25.1 Å². The van der Waals surface area contributed by atoms with E-state index in [1.807, 2.05) is 24.3 Å². The van der Waals surface area contributed by atoms with Crippen LogP contribution in [0.25, 0.3) is 0 Å². The lowest BCUT2D eigenvalue weighted by molar-refractivity contribution is -0.119. The molecule has 2 aromatic rings. The molecule has 8 heteroatoms. The maximum Gasteiger partial charge on any atom is 0.227 e. The average molecular weight is 390 g/mol. The van der Waals surface area contributed by atoms with Crippen molar-refractivity contribution in [1.29, 1.82) is 0 Å². The van der Waals surface area contributed by atoms with Gasteiger partial charge in [-0.3, -0.25) is 4.79 Å². The Morgan fingerprint density at radius 3 is 2.19 bits per heavy atom. The van der Waals surface area contributed by atoms with Crippen molar-refractivity contribution in [2.75, 3.05) is 19.1 Å². The lowest BCUT2D eigenvalue weighted by Crippen LogP contribution is -2.34. The Labute approximate surface area is 158 Å². The first-order chi connectivity index (χ1) is 12.8. The summed E-state index contributed by atoms with van der Waals surface area (Å²) in [4.78, 5) is 14.2. The Balaban J connectivity index is 1.88. The van der Waals surface area contributed by atoms with Crippen LogP contribution in [0.4, 0.5) is 5.69 Å². The molecule has 0 saturated carbocycles. The third-order valence-electron chi connectivity index (χ3n) is 4.52. The predicted molar refractivity (Wildman–Crippen MR) is 102 cm³/mol. The number of primary sulfonamides is 1. The summed E-state index contributed by atoms with van der Waals surface area (Å²) in [5.41, 5.74) is 3.33. The fraction of sp³-hybridized carbons (Fsp3) is 0.316. The van der Waals surface area contributed by atoms with Crippen LogP contribution < -0.4 is 19.5 Å². The van der Waals surface area contributed by atoms with Gasteiger partial charge in [0.2, 0.25) is 15.9 Å². The molecule has 2 aromatic carbocycles. The Hall–Kier alpha value is -2.58. The number of carbonyl (C=O) groups excluding carboxylic acids is 1. The third-order valence-corrected chi connectivity index (χ3v) is 5.25. The zero-order chi connectivity index (χ0) is 19.6. The van der Waals surface area contributed by atoms with Crippen molar-refractivity contribution in [3.8, 4) is 11.5 Å². The summed E-state index contributed by atoms with van der Waals surface area (Å²) in [5, 5.41) is 5.07. The van der Waals surface area contributed by atoms with Crippen LogP contribution in [0.3, 0.4) is 0 Å². The van der Waals surface area contributed by atoms with E-state index in [1.54, 1.807) is 31.3 Å². The predicted octanol–water partition coefficient (Wildman–Crippen LogP) is 1.97. The van der Waals surface area contributed by atoms with Gasteiger partial charge in [0, 0.05) is 12.5 Å². The highest BCUT2D eigenvalue weighted by atomic mass is 32.2. The zero-order valence-corrected chi connectivity index (χ0v) is 16.1. The van der Waals surface area contributed by atoms with Gasteiger partial charge in [0.25, 0.3) is 0 Å². The number of amides is 1. The minimum absolute atomic E-state index is 0.0309. The number of nitrogens with two attached hydrogens (primary N) is 1. The van der Waals surface area contributed by atoms with Gasteiger partial charge in [-0.25, -0.2) is 13.6 Å². The van der Waals surface area contributed by atoms with Crippen molar-refractivity contribution in [3.05, 3.63) is 53.1 Å². The lowest BCUT2D eigenvalue weighted by Gasteiger charge is -2.30. The van der Waals surface area contributed by atoms with Crippen LogP contribution in [0.5, 0.6) is 11.5 Å². The van der Waals surface area contributed by atoms with Gasteiger partial charge in [-0.15, -0.1) is 0 Å². The fourth-order valence-electron chi connectivity index (χ4n) is 3.20. The van der Waals surface area contributed by atoms with Crippen molar-refractivity contribution in [2.24, 2.45) is 5.14 Å². The number of carbonyl (C=O) groups is 1. The summed E-state index contributed by atoms with van der Waals surface area (Å²) in [6.45, 7) is 0.386. The van der Waals surface area contributed by atoms with Crippen LogP contribution in [0.1, 0.15) is 23.1 Å². The molecule has 144 valence electrons. The van der Waals surface area contributed by atoms with E-state index in [1.165, 1.54) is 0 Å². The Bertz CT molecular complexity index is 955. The standard InChI is InChI=1S/C19H22N2O5S/c1-25-17-9-15-7-8-19(22)21(16(15)10-18(17)26-2)11-13-3-5-14(6-4-13)12-27(20,23)24/h3-6,9-10H,7-8,11-12H2,1-2H3,(H2,20,23,24). The highest BCUT2D eigenvalue weighted by molar-refractivity contribution is 7.88. The normalized spacial score (nSPS) is 14.0. The SMILES string of the molecule is COc1cc2c(cc1OC)N(Cc1ccc(CS(N)(=O)=O)cc1)C(=O)CC2. The van der Waals surface area contributed by atoms with E-state index in [-0.39, 0.29) is 11.7 Å². The number of benzene rings is 2. The van der Waals surface area contributed by atoms with E-state index in [4.69, 9.17) is 14.6 Å². The summed E-state index contributed by atoms with van der Waals surface area (Å²) < 4.78 is 33.1. The molecule has 0 bridgehead atoms. The van der Waals surface area contributed by atoms with Gasteiger partial charge < -0.3 is 14.4 Å². The van der Waals surface area contributed by atoms with Crippen LogP contribution in [-0.2, 0) is 33.5 Å². The number of hydrogen-bond donors (Lipinski definition) is 1. The van der Waals surface area contributed by atoms with E-state index >= 15 is 0 Å². The Morgan fingerprint density at radius 2 is 1.59 bits per heavy atom. The van der Waals surface area contributed by atoms with Gasteiger partial charge >= 0.3 is 0 Å². The molecule has 0 saturated heterocycles. The smallest absolute Gasteiger partial charge is 0.227 e. The molecule has 1 aliphatic rings. The number of aryl methyl sites for hydroxylation is 1. The number of rotatable bonds is 6. The van der Waals surface area contributed by atoms with Crippen molar-refractivity contribution in [3.63, 3.8) is 0 Å². The maximum atomic E-state index is 12.5. The molecule has 2 N–H and O–H groups in total. The number of nitrogens with zero attached hydrogens (tertiary/aromatic N) is 1. The second kappa shape index (κ2) is 7.58. The Morgan fingerprint density at radius 1 is 1.00 bits per heavy atom. The number of methoxy groups -OCH3 is 2. The molecule has 1 aliphatic heterocycles. The molecule has 1 amide bonds. The van der Waals surface area contributed by atoms with E-state index in [9.17, 15) is 13.2 Å². The second-order valence-corrected chi connectivity index (χ2v) is 8.05. The van der Waals surface area contributed by atoms with Gasteiger partial charge in [0.1, 0.15) is 0 Å². The third kappa shape index (κ3) is 4.40. The molecule has 0 fully saturated rings. The molecule has 0 aromatic heterocycles. The minimum Gasteiger partial charge on any atom is -0.493 e. The zero-order valence-electron chi connectivity index (χ0n) is 15.3. The monoisotopic (exact) mass is 390 g/mol. The van der Waals surface area contributed by atoms with Gasteiger partial charge in [-0.1, -0.05) is 24.3 Å². The quantitative estimate of drug-likeness (QED) is 0.813. The molecule has 0 atom stereocenters. The van der Waals surface area contributed by atoms with Crippen LogP contribution >= 0.6 is 0 Å². The highest BCUT2D eigenvalue weighted by Gasteiger charge is 2.26. The molecular formula is C19H22N2O5S. The maximum absolute atomic E-state index is 12.5. The molecule has 0 aliphatic carbocycles. The van der Waals surface area contributed by atoms with Gasteiger partial charge in [-0.05, 0) is 29.2 Å². The molecule has 7 nitrogen and oxygen atoms in total. The summed E-state index contributed by atoms with van der Waals surface area (Å²) in [7, 11) is -0.429. The molecule has 0 spiro atoms. The lowest BCUT2D eigenvalue weighted by atomic mass is 9.99. The summed E-state index contributed by atoms with van der Waals surface area (Å²) in [6, 6.07) is 10.8. The van der Waals surface area contributed by atoms with E-state index in [2.05, 4.69) is 0 Å². The highest BCUT2D eigenvalue weighted by Crippen LogP contribution is 2.38. The van der Waals surface area contributed by atoms with Gasteiger partial charge in [-0.2, -0.15) is 0 Å². The number of hydrogen-bond acceptors (Lipinski definition) is 5. The van der Waals surface area contributed by atoms with E-state index in [0.717, 1.165) is 16.8 Å². The number of anilines is 1. The van der Waals surface area contributed by atoms with Gasteiger partial charge in [0.05, 0.1) is 32.2 Å². The van der Waals surface area contributed by atoms with Crippen LogP contribution in [0.15, 0.2) is 36.4 Å². The second-order valence-electron chi connectivity index (χ2n) is 6.44. The van der Waals surface area contributed by atoms with Crippen molar-refractivity contribution >= 4 is 21.6 Å². The summed E-state index contributed by atoms with van der Waals surface area (Å²) in [6.07, 6.45) is 1.07. The molecule has 1 heterocycles. The number of ether oxygens (including phenoxy) is 2. The first kappa shape index (κ1) is 19.2. The number of sulfonamides is 1. The van der Waals surface area contributed by atoms with Crippen LogP contribution in [0, 0.1) is 0 Å². The summed E-state index contributed by atoms with van der Waals surface area (Å²) in [5.74, 6) is 1.02. The van der Waals surface area contributed by atoms with Crippen LogP contribution in [-0.4, -0.2) is 28.5 Å². The average Bonchev–Trinajstić information content (AvgIpc) is 2.63. The molecule has 3 rings (SSSR count). The molecule has 27 heavy (non-hydrogen) atoms. The largest absolute Gasteiger partial charge is 0.493 e. The van der Waals surface area contributed by atoms with Gasteiger partial charge in [0.15, 0.2) is 11.5 Å². The van der Waals surface area contributed by atoms with Crippen LogP contribution in [0.2, 0.25) is 0 Å². The molecule has 0 unspecified atom stereocenters. The number of fused-ring (bicyclic) bond motifs is 1. The van der Waals surface area contributed by atoms with Crippen molar-refractivity contribution in [1.82, 2.24) is 0 Å². The van der Waals surface area contributed by atoms with E-state index < -0.39 is 10.0 Å². The minimum atomic E-state index is -3.57. The summed E-state index contributed by atoms with van der Waals surface area (Å²) >= 11 is 0. The van der Waals surface area contributed by atoms with Crippen molar-refractivity contribution < 1.29 is 22.7 Å². The topological polar surface area (TPSA) is 98.9 Å². The van der Waals surface area contributed by atoms with E-state index in [0.29, 0.717) is 36.4 Å². The fourth-order valence-corrected chi connectivity index (χ4v) is 3.86. The molecule has 0 radical (unpaired) electrons. The first-order valence-electron chi connectivity index (χ1n) is 8.44. The molecular weight excluding hydrogens is 368 g/mol. The Kier molecular flexibility index (Phi) is 5.38. The first-order valence-corrected chi connectivity index (χ1v) is 10.2.